The molecular formula is C15H23BrN2O2S. The van der Waals surface area contributed by atoms with Gasteiger partial charge in [0.25, 0.3) is 0 Å². The van der Waals surface area contributed by atoms with E-state index in [1.54, 1.807) is 6.07 Å². The van der Waals surface area contributed by atoms with Crippen LogP contribution in [0.15, 0.2) is 21.5 Å². The molecule has 1 aromatic carbocycles. The summed E-state index contributed by atoms with van der Waals surface area (Å²) >= 11 is 3.42. The third-order valence-corrected chi connectivity index (χ3v) is 7.05. The summed E-state index contributed by atoms with van der Waals surface area (Å²) in [7, 11) is -1.65. The smallest absolute Gasteiger partial charge is 0.241 e. The van der Waals surface area contributed by atoms with Crippen LogP contribution < -0.4 is 10.0 Å². The van der Waals surface area contributed by atoms with Gasteiger partial charge in [0.2, 0.25) is 10.0 Å². The molecule has 0 amide bonds. The molecule has 0 heterocycles. The van der Waals surface area contributed by atoms with Crippen molar-refractivity contribution < 1.29 is 8.42 Å². The largest absolute Gasteiger partial charge is 0.316 e. The van der Waals surface area contributed by atoms with Crippen LogP contribution in [-0.4, -0.2) is 21.5 Å². The van der Waals surface area contributed by atoms with Gasteiger partial charge in [-0.05, 0) is 72.8 Å². The van der Waals surface area contributed by atoms with Crippen molar-refractivity contribution in [2.75, 3.05) is 7.05 Å². The van der Waals surface area contributed by atoms with Crippen LogP contribution in [0.1, 0.15) is 37.3 Å². The Hall–Kier alpha value is -0.430. The molecule has 2 N–H and O–H groups in total. The Labute approximate surface area is 135 Å². The van der Waals surface area contributed by atoms with Crippen LogP contribution in [0.5, 0.6) is 0 Å². The molecule has 6 heteroatoms. The fourth-order valence-corrected chi connectivity index (χ4v) is 5.04. The quantitative estimate of drug-likeness (QED) is 0.804. The third-order valence-electron chi connectivity index (χ3n) is 4.15. The van der Waals surface area contributed by atoms with E-state index in [9.17, 15) is 8.42 Å². The number of rotatable bonds is 6. The lowest BCUT2D eigenvalue weighted by molar-refractivity contribution is 0.260. The molecule has 1 aliphatic carbocycles. The summed E-state index contributed by atoms with van der Waals surface area (Å²) in [4.78, 5) is 0.332. The van der Waals surface area contributed by atoms with E-state index >= 15 is 0 Å². The summed E-state index contributed by atoms with van der Waals surface area (Å²) in [5.74, 6) is 0.472. The first-order valence-electron chi connectivity index (χ1n) is 7.31. The van der Waals surface area contributed by atoms with Gasteiger partial charge >= 0.3 is 0 Å². The van der Waals surface area contributed by atoms with Crippen molar-refractivity contribution in [3.05, 3.63) is 27.7 Å². The van der Waals surface area contributed by atoms with Gasteiger partial charge in [-0.15, -0.1) is 0 Å². The summed E-state index contributed by atoms with van der Waals surface area (Å²) in [6, 6.07) is 3.72. The summed E-state index contributed by atoms with van der Waals surface area (Å²) in [5.41, 5.74) is 1.90. The Balaban J connectivity index is 2.29. The minimum Gasteiger partial charge on any atom is -0.316 e. The highest BCUT2D eigenvalue weighted by Gasteiger charge is 2.29. The Kier molecular flexibility index (Phi) is 5.46. The van der Waals surface area contributed by atoms with Crippen molar-refractivity contribution in [3.63, 3.8) is 0 Å². The summed E-state index contributed by atoms with van der Waals surface area (Å²) in [5, 5.41) is 3.06. The molecule has 21 heavy (non-hydrogen) atoms. The molecule has 118 valence electrons. The van der Waals surface area contributed by atoms with E-state index in [1.807, 2.05) is 27.0 Å². The summed E-state index contributed by atoms with van der Waals surface area (Å²) in [6.45, 7) is 4.52. The molecule has 0 bridgehead atoms. The van der Waals surface area contributed by atoms with Crippen LogP contribution in [0.3, 0.4) is 0 Å². The van der Waals surface area contributed by atoms with E-state index in [-0.39, 0.29) is 6.04 Å². The van der Waals surface area contributed by atoms with Crippen molar-refractivity contribution in [3.8, 4) is 0 Å². The van der Waals surface area contributed by atoms with Gasteiger partial charge in [-0.3, -0.25) is 0 Å². The molecule has 0 spiro atoms. The molecule has 1 aromatic rings. The van der Waals surface area contributed by atoms with Gasteiger partial charge in [-0.1, -0.05) is 12.5 Å². The number of hydrogen-bond acceptors (Lipinski definition) is 3. The van der Waals surface area contributed by atoms with Crippen molar-refractivity contribution in [2.24, 2.45) is 5.92 Å². The van der Waals surface area contributed by atoms with Crippen LogP contribution in [0.2, 0.25) is 0 Å². The lowest BCUT2D eigenvalue weighted by atomic mass is 9.81. The van der Waals surface area contributed by atoms with Crippen LogP contribution in [-0.2, 0) is 16.6 Å². The highest BCUT2D eigenvalue weighted by Crippen LogP contribution is 2.32. The maximum absolute atomic E-state index is 12.7. The van der Waals surface area contributed by atoms with E-state index in [0.29, 0.717) is 21.8 Å². The Morgan fingerprint density at radius 2 is 2.05 bits per heavy atom. The van der Waals surface area contributed by atoms with E-state index in [2.05, 4.69) is 26.0 Å². The Morgan fingerprint density at radius 3 is 2.57 bits per heavy atom. The van der Waals surface area contributed by atoms with Crippen LogP contribution in [0, 0.1) is 12.8 Å². The highest BCUT2D eigenvalue weighted by atomic mass is 79.9. The molecule has 1 unspecified atom stereocenters. The normalized spacial score (nSPS) is 17.5. The van der Waals surface area contributed by atoms with Crippen molar-refractivity contribution in [1.29, 1.82) is 0 Å². The van der Waals surface area contributed by atoms with Gasteiger partial charge in [-0.2, -0.15) is 0 Å². The first-order valence-corrected chi connectivity index (χ1v) is 9.58. The molecule has 0 saturated heterocycles. The molecule has 0 aliphatic heterocycles. The van der Waals surface area contributed by atoms with E-state index in [1.165, 1.54) is 6.42 Å². The minimum absolute atomic E-state index is 0.0103. The second-order valence-electron chi connectivity index (χ2n) is 5.86. The first-order chi connectivity index (χ1) is 9.85. The van der Waals surface area contributed by atoms with Gasteiger partial charge < -0.3 is 5.32 Å². The molecule has 1 atom stereocenters. The molecule has 2 rings (SSSR count). The number of aryl methyl sites for hydroxylation is 1. The van der Waals surface area contributed by atoms with E-state index < -0.39 is 10.0 Å². The number of sulfonamides is 1. The molecular weight excluding hydrogens is 352 g/mol. The average Bonchev–Trinajstić information content (AvgIpc) is 2.30. The molecule has 1 saturated carbocycles. The van der Waals surface area contributed by atoms with Crippen molar-refractivity contribution in [1.82, 2.24) is 10.0 Å². The van der Waals surface area contributed by atoms with Crippen molar-refractivity contribution in [2.45, 2.75) is 50.6 Å². The maximum Gasteiger partial charge on any atom is 0.241 e. The SMILES string of the molecule is CNCc1cc(C)c(Br)c(S(=O)(=O)NC(C)C2CCC2)c1. The predicted octanol–water partition coefficient (Wildman–Crippen LogP) is 2.94. The topological polar surface area (TPSA) is 58.2 Å². The lowest BCUT2D eigenvalue weighted by Gasteiger charge is -2.31. The third kappa shape index (κ3) is 3.86. The predicted molar refractivity (Wildman–Crippen MR) is 88.8 cm³/mol. The fourth-order valence-electron chi connectivity index (χ4n) is 2.66. The highest BCUT2D eigenvalue weighted by molar-refractivity contribution is 9.10. The van der Waals surface area contributed by atoms with Crippen LogP contribution >= 0.6 is 15.9 Å². The first kappa shape index (κ1) is 16.9. The van der Waals surface area contributed by atoms with Gasteiger partial charge in [0.05, 0.1) is 4.90 Å². The number of benzene rings is 1. The summed E-state index contributed by atoms with van der Waals surface area (Å²) in [6.07, 6.45) is 3.44. The minimum atomic E-state index is -3.50. The molecule has 0 aromatic heterocycles. The Bertz CT molecular complexity index is 612. The zero-order valence-corrected chi connectivity index (χ0v) is 15.1. The summed E-state index contributed by atoms with van der Waals surface area (Å²) < 4.78 is 28.8. The fraction of sp³-hybridized carbons (Fsp3) is 0.600. The maximum atomic E-state index is 12.7. The average molecular weight is 375 g/mol. The second-order valence-corrected chi connectivity index (χ2v) is 8.33. The lowest BCUT2D eigenvalue weighted by Crippen LogP contribution is -2.40. The van der Waals surface area contributed by atoms with Gasteiger partial charge in [0, 0.05) is 17.1 Å². The van der Waals surface area contributed by atoms with Gasteiger partial charge in [0.1, 0.15) is 0 Å². The van der Waals surface area contributed by atoms with Crippen LogP contribution in [0.25, 0.3) is 0 Å². The zero-order chi connectivity index (χ0) is 15.6. The molecule has 1 fully saturated rings. The van der Waals surface area contributed by atoms with Gasteiger partial charge in [-0.25, -0.2) is 13.1 Å². The Morgan fingerprint density at radius 1 is 1.38 bits per heavy atom. The molecule has 4 nitrogen and oxygen atoms in total. The standard InChI is InChI=1S/C15H23BrN2O2S/c1-10-7-12(9-17-3)8-14(15(10)16)21(19,20)18-11(2)13-5-4-6-13/h7-8,11,13,17-18H,4-6,9H2,1-3H3. The number of halogens is 1. The molecule has 0 radical (unpaired) electrons. The molecule has 1 aliphatic rings. The number of hydrogen-bond donors (Lipinski definition) is 2. The zero-order valence-electron chi connectivity index (χ0n) is 12.7. The van der Waals surface area contributed by atoms with Gasteiger partial charge in [0.15, 0.2) is 0 Å². The van der Waals surface area contributed by atoms with E-state index in [0.717, 1.165) is 24.0 Å². The number of nitrogens with one attached hydrogen (secondary N) is 2. The van der Waals surface area contributed by atoms with Crippen molar-refractivity contribution >= 4 is 26.0 Å². The van der Waals surface area contributed by atoms with Crippen LogP contribution in [0.4, 0.5) is 0 Å². The monoisotopic (exact) mass is 374 g/mol. The second kappa shape index (κ2) is 6.77. The van der Waals surface area contributed by atoms with E-state index in [4.69, 9.17) is 0 Å².